The maximum Gasteiger partial charge on any atom is 0.0540 e. The third kappa shape index (κ3) is 5.63. The summed E-state index contributed by atoms with van der Waals surface area (Å²) in [4.78, 5) is 2.42. The largest absolute Gasteiger partial charge is 0.310 e. The van der Waals surface area contributed by atoms with E-state index in [2.05, 4.69) is 229 Å². The van der Waals surface area contributed by atoms with Gasteiger partial charge in [0.15, 0.2) is 0 Å². The Labute approximate surface area is 332 Å². The smallest absolute Gasteiger partial charge is 0.0540 e. The lowest BCUT2D eigenvalue weighted by Gasteiger charge is -2.28. The summed E-state index contributed by atoms with van der Waals surface area (Å²) < 4.78 is 0. The van der Waals surface area contributed by atoms with Gasteiger partial charge in [-0.2, -0.15) is 0 Å². The minimum Gasteiger partial charge on any atom is -0.310 e. The SMILES string of the molecule is c1ccc(-c2cccc3c(N(c4ccc(-c5cc6ccccc6c6ccccc56)cc4)c4ccc(-c5cc6ccccc6c6ccccc56)cc4)cccc23)cc1. The third-order valence-electron chi connectivity index (χ3n) is 11.6. The molecule has 266 valence electrons. The zero-order chi connectivity index (χ0) is 37.7. The molecule has 1 heteroatoms. The van der Waals surface area contributed by atoms with E-state index < -0.39 is 0 Å². The van der Waals surface area contributed by atoms with Gasteiger partial charge in [0.2, 0.25) is 0 Å². The van der Waals surface area contributed by atoms with Gasteiger partial charge in [-0.05, 0) is 124 Å². The molecule has 11 rings (SSSR count). The number of rotatable bonds is 6. The molecule has 0 saturated heterocycles. The molecule has 0 radical (unpaired) electrons. The van der Waals surface area contributed by atoms with Gasteiger partial charge in [0.05, 0.1) is 5.69 Å². The predicted molar refractivity (Wildman–Crippen MR) is 245 cm³/mol. The number of hydrogen-bond donors (Lipinski definition) is 0. The summed E-state index contributed by atoms with van der Waals surface area (Å²) in [5.41, 5.74) is 10.7. The van der Waals surface area contributed by atoms with Crippen molar-refractivity contribution in [3.63, 3.8) is 0 Å². The van der Waals surface area contributed by atoms with Crippen LogP contribution in [-0.2, 0) is 0 Å². The molecule has 0 aliphatic rings. The van der Waals surface area contributed by atoms with E-state index in [0.717, 1.165) is 17.1 Å². The van der Waals surface area contributed by atoms with Crippen LogP contribution in [0.25, 0.3) is 87.2 Å². The zero-order valence-corrected chi connectivity index (χ0v) is 31.3. The Morgan fingerprint density at radius 2 is 0.614 bits per heavy atom. The Hall–Kier alpha value is -7.48. The molecule has 11 aromatic carbocycles. The number of hydrogen-bond acceptors (Lipinski definition) is 1. The van der Waals surface area contributed by atoms with Crippen LogP contribution in [0, 0.1) is 0 Å². The quantitative estimate of drug-likeness (QED) is 0.154. The van der Waals surface area contributed by atoms with Crippen LogP contribution in [0.1, 0.15) is 0 Å². The first-order valence-corrected chi connectivity index (χ1v) is 19.7. The van der Waals surface area contributed by atoms with E-state index in [0.29, 0.717) is 0 Å². The highest BCUT2D eigenvalue weighted by atomic mass is 15.1. The van der Waals surface area contributed by atoms with Gasteiger partial charge in [-0.25, -0.2) is 0 Å². The molecule has 0 unspecified atom stereocenters. The Balaban J connectivity index is 1.08. The van der Waals surface area contributed by atoms with Crippen LogP contribution < -0.4 is 4.90 Å². The van der Waals surface area contributed by atoms with Crippen molar-refractivity contribution < 1.29 is 0 Å². The molecule has 0 aromatic heterocycles. The predicted octanol–water partition coefficient (Wildman–Crippen LogP) is 15.9. The fourth-order valence-electron chi connectivity index (χ4n) is 8.95. The Kier molecular flexibility index (Phi) is 7.89. The first-order chi connectivity index (χ1) is 28.3. The third-order valence-corrected chi connectivity index (χ3v) is 11.6. The van der Waals surface area contributed by atoms with Gasteiger partial charge in [0.25, 0.3) is 0 Å². The molecule has 0 N–H and O–H groups in total. The summed E-state index contributed by atoms with van der Waals surface area (Å²) in [7, 11) is 0. The van der Waals surface area contributed by atoms with Crippen molar-refractivity contribution in [3.05, 3.63) is 224 Å². The van der Waals surface area contributed by atoms with Gasteiger partial charge in [0, 0.05) is 16.8 Å². The highest BCUT2D eigenvalue weighted by Gasteiger charge is 2.18. The minimum atomic E-state index is 1.10. The van der Waals surface area contributed by atoms with Crippen LogP contribution >= 0.6 is 0 Å². The average Bonchev–Trinajstić information content (AvgIpc) is 3.29. The molecule has 0 saturated carbocycles. The number of benzene rings is 11. The summed E-state index contributed by atoms with van der Waals surface area (Å²) in [6.45, 7) is 0. The standard InChI is InChI=1S/C56H37N/c1-2-14-38(15-3-1)45-24-12-26-53-50(45)25-13-27-56(53)57(43-32-28-39(29-33-43)54-36-41-16-4-6-18-46(41)48-20-8-10-22-51(48)54)44-34-30-40(31-35-44)55-37-42-17-5-7-19-47(42)49-21-9-11-23-52(49)55/h1-37H. The van der Waals surface area contributed by atoms with Crippen LogP contribution in [0.2, 0.25) is 0 Å². The molecule has 0 bridgehead atoms. The van der Waals surface area contributed by atoms with Crippen molar-refractivity contribution >= 4 is 70.9 Å². The van der Waals surface area contributed by atoms with Crippen molar-refractivity contribution in [1.29, 1.82) is 0 Å². The number of nitrogens with zero attached hydrogens (tertiary/aromatic N) is 1. The Morgan fingerprint density at radius 3 is 1.16 bits per heavy atom. The van der Waals surface area contributed by atoms with Crippen molar-refractivity contribution in [1.82, 2.24) is 0 Å². The van der Waals surface area contributed by atoms with E-state index in [-0.39, 0.29) is 0 Å². The van der Waals surface area contributed by atoms with Crippen LogP contribution in [0.5, 0.6) is 0 Å². The zero-order valence-electron chi connectivity index (χ0n) is 31.3. The van der Waals surface area contributed by atoms with Gasteiger partial charge in [-0.15, -0.1) is 0 Å². The second kappa shape index (κ2) is 13.7. The molecule has 0 heterocycles. The molecular weight excluding hydrogens is 687 g/mol. The van der Waals surface area contributed by atoms with Crippen molar-refractivity contribution in [3.8, 4) is 33.4 Å². The highest BCUT2D eigenvalue weighted by molar-refractivity contribution is 6.15. The van der Waals surface area contributed by atoms with E-state index >= 15 is 0 Å². The lowest BCUT2D eigenvalue weighted by Crippen LogP contribution is -2.10. The van der Waals surface area contributed by atoms with Gasteiger partial charge in [0.1, 0.15) is 0 Å². The van der Waals surface area contributed by atoms with Crippen LogP contribution in [-0.4, -0.2) is 0 Å². The molecule has 0 fully saturated rings. The summed E-state index contributed by atoms with van der Waals surface area (Å²) in [6.07, 6.45) is 0. The first kappa shape index (κ1) is 32.9. The average molecular weight is 724 g/mol. The maximum atomic E-state index is 2.42. The second-order valence-corrected chi connectivity index (χ2v) is 14.9. The fourth-order valence-corrected chi connectivity index (χ4v) is 8.95. The van der Waals surface area contributed by atoms with E-state index in [9.17, 15) is 0 Å². The van der Waals surface area contributed by atoms with Crippen LogP contribution in [0.4, 0.5) is 17.1 Å². The highest BCUT2D eigenvalue weighted by Crippen LogP contribution is 2.44. The summed E-state index contributed by atoms with van der Waals surface area (Å²) in [5, 5.41) is 12.6. The Bertz CT molecular complexity index is 3110. The number of fused-ring (bicyclic) bond motifs is 7. The molecule has 0 amide bonds. The summed E-state index contributed by atoms with van der Waals surface area (Å²) >= 11 is 0. The molecule has 0 atom stereocenters. The minimum absolute atomic E-state index is 1.10. The fraction of sp³-hybridized carbons (Fsp3) is 0. The van der Waals surface area contributed by atoms with Gasteiger partial charge < -0.3 is 4.90 Å². The molecule has 0 spiro atoms. The van der Waals surface area contributed by atoms with Gasteiger partial charge >= 0.3 is 0 Å². The first-order valence-electron chi connectivity index (χ1n) is 19.7. The second-order valence-electron chi connectivity index (χ2n) is 14.9. The number of anilines is 3. The molecule has 0 aliphatic heterocycles. The van der Waals surface area contributed by atoms with E-state index in [1.807, 2.05) is 0 Å². The van der Waals surface area contributed by atoms with Crippen molar-refractivity contribution in [2.45, 2.75) is 0 Å². The van der Waals surface area contributed by atoms with Crippen molar-refractivity contribution in [2.75, 3.05) is 4.90 Å². The van der Waals surface area contributed by atoms with Gasteiger partial charge in [-0.3, -0.25) is 0 Å². The molecular formula is C56H37N. The van der Waals surface area contributed by atoms with Crippen LogP contribution in [0.15, 0.2) is 224 Å². The summed E-state index contributed by atoms with van der Waals surface area (Å²) in [5.74, 6) is 0. The lowest BCUT2D eigenvalue weighted by atomic mass is 9.93. The van der Waals surface area contributed by atoms with E-state index in [1.54, 1.807) is 0 Å². The van der Waals surface area contributed by atoms with Gasteiger partial charge in [-0.1, -0.05) is 182 Å². The van der Waals surface area contributed by atoms with E-state index in [1.165, 1.54) is 87.2 Å². The summed E-state index contributed by atoms with van der Waals surface area (Å²) in [6, 6.07) is 82.0. The van der Waals surface area contributed by atoms with E-state index in [4.69, 9.17) is 0 Å². The maximum absolute atomic E-state index is 2.42. The molecule has 11 aromatic rings. The molecule has 1 nitrogen and oxygen atoms in total. The lowest BCUT2D eigenvalue weighted by molar-refractivity contribution is 1.30. The topological polar surface area (TPSA) is 3.24 Å². The van der Waals surface area contributed by atoms with Crippen LogP contribution in [0.3, 0.4) is 0 Å². The molecule has 57 heavy (non-hydrogen) atoms. The molecule has 0 aliphatic carbocycles. The van der Waals surface area contributed by atoms with Crippen molar-refractivity contribution in [2.24, 2.45) is 0 Å². The normalized spacial score (nSPS) is 11.5. The Morgan fingerprint density at radius 1 is 0.228 bits per heavy atom. The monoisotopic (exact) mass is 723 g/mol.